The van der Waals surface area contributed by atoms with Gasteiger partial charge in [0.1, 0.15) is 5.78 Å². The van der Waals surface area contributed by atoms with E-state index in [1.807, 2.05) is 18.2 Å². The summed E-state index contributed by atoms with van der Waals surface area (Å²) in [4.78, 5) is 11.6. The molecular weight excluding hydrogens is 212 g/mol. The van der Waals surface area contributed by atoms with E-state index in [4.69, 9.17) is 4.74 Å². The quantitative estimate of drug-likeness (QED) is 0.798. The first-order valence-electron chi connectivity index (χ1n) is 6.53. The second-order valence-corrected chi connectivity index (χ2v) is 5.19. The zero-order valence-electron chi connectivity index (χ0n) is 9.97. The molecule has 3 rings (SSSR count). The number of hydrogen-bond donors (Lipinski definition) is 0. The van der Waals surface area contributed by atoms with Crippen molar-refractivity contribution in [1.29, 1.82) is 0 Å². The van der Waals surface area contributed by atoms with Crippen LogP contribution in [-0.2, 0) is 16.1 Å². The maximum atomic E-state index is 11.6. The van der Waals surface area contributed by atoms with Gasteiger partial charge in [0.2, 0.25) is 0 Å². The number of fused-ring (bicyclic) bond motifs is 1. The molecule has 2 saturated carbocycles. The number of ether oxygens (including phenoxy) is 1. The zero-order chi connectivity index (χ0) is 11.7. The highest BCUT2D eigenvalue weighted by atomic mass is 16.5. The van der Waals surface area contributed by atoms with Gasteiger partial charge < -0.3 is 4.74 Å². The molecule has 0 unspecified atom stereocenters. The van der Waals surface area contributed by atoms with E-state index in [0.29, 0.717) is 30.3 Å². The molecule has 0 radical (unpaired) electrons. The van der Waals surface area contributed by atoms with Crippen molar-refractivity contribution in [2.24, 2.45) is 11.8 Å². The SMILES string of the molecule is O=C1CC[C@H]2[C@@H](OCc3ccccc3)CC[C@@H]12. The summed E-state index contributed by atoms with van der Waals surface area (Å²) < 4.78 is 6.00. The van der Waals surface area contributed by atoms with Gasteiger partial charge in [0, 0.05) is 12.3 Å². The molecule has 0 heterocycles. The summed E-state index contributed by atoms with van der Waals surface area (Å²) in [5.41, 5.74) is 1.22. The standard InChI is InChI=1S/C15H18O2/c16-14-8-6-13-12(14)7-9-15(13)17-10-11-4-2-1-3-5-11/h1-5,12-13,15H,6-10H2/t12-,13-,15+/m1/s1. The van der Waals surface area contributed by atoms with Crippen LogP contribution in [0.3, 0.4) is 0 Å². The molecule has 3 atom stereocenters. The Bertz CT molecular complexity index is 399. The van der Waals surface area contributed by atoms with Gasteiger partial charge in [-0.05, 0) is 30.7 Å². The van der Waals surface area contributed by atoms with Gasteiger partial charge in [0.05, 0.1) is 12.7 Å². The lowest BCUT2D eigenvalue weighted by Crippen LogP contribution is -2.20. The van der Waals surface area contributed by atoms with Crippen LogP contribution in [0.15, 0.2) is 30.3 Å². The van der Waals surface area contributed by atoms with E-state index in [1.54, 1.807) is 0 Å². The van der Waals surface area contributed by atoms with Gasteiger partial charge >= 0.3 is 0 Å². The Morgan fingerprint density at radius 1 is 1.12 bits per heavy atom. The average Bonchev–Trinajstić information content (AvgIpc) is 2.92. The highest BCUT2D eigenvalue weighted by Gasteiger charge is 2.44. The Kier molecular flexibility index (Phi) is 2.98. The van der Waals surface area contributed by atoms with E-state index < -0.39 is 0 Å². The lowest BCUT2D eigenvalue weighted by molar-refractivity contribution is -0.121. The van der Waals surface area contributed by atoms with Crippen LogP contribution >= 0.6 is 0 Å². The van der Waals surface area contributed by atoms with E-state index in [-0.39, 0.29) is 0 Å². The fourth-order valence-electron chi connectivity index (χ4n) is 3.30. The average molecular weight is 230 g/mol. The smallest absolute Gasteiger partial charge is 0.136 e. The molecule has 0 bridgehead atoms. The molecule has 2 aliphatic carbocycles. The van der Waals surface area contributed by atoms with Crippen LogP contribution in [0.1, 0.15) is 31.2 Å². The predicted molar refractivity (Wildman–Crippen MR) is 65.5 cm³/mol. The van der Waals surface area contributed by atoms with E-state index in [2.05, 4.69) is 12.1 Å². The molecule has 17 heavy (non-hydrogen) atoms. The molecule has 1 aromatic carbocycles. The van der Waals surface area contributed by atoms with Crippen molar-refractivity contribution in [2.45, 2.75) is 38.4 Å². The maximum Gasteiger partial charge on any atom is 0.136 e. The summed E-state index contributed by atoms with van der Waals surface area (Å²) in [7, 11) is 0. The van der Waals surface area contributed by atoms with Crippen molar-refractivity contribution >= 4 is 5.78 Å². The van der Waals surface area contributed by atoms with Gasteiger partial charge in [-0.2, -0.15) is 0 Å². The Morgan fingerprint density at radius 2 is 1.94 bits per heavy atom. The van der Waals surface area contributed by atoms with Crippen molar-refractivity contribution in [2.75, 3.05) is 0 Å². The maximum absolute atomic E-state index is 11.6. The van der Waals surface area contributed by atoms with Crippen molar-refractivity contribution in [3.8, 4) is 0 Å². The van der Waals surface area contributed by atoms with Crippen LogP contribution < -0.4 is 0 Å². The van der Waals surface area contributed by atoms with Gasteiger partial charge in [0.15, 0.2) is 0 Å². The molecule has 2 fully saturated rings. The summed E-state index contributed by atoms with van der Waals surface area (Å²) in [6.07, 6.45) is 4.24. The van der Waals surface area contributed by atoms with Gasteiger partial charge in [-0.15, -0.1) is 0 Å². The minimum Gasteiger partial charge on any atom is -0.373 e. The number of Topliss-reactive ketones (excluding diaryl/α,β-unsaturated/α-hetero) is 1. The molecule has 0 spiro atoms. The van der Waals surface area contributed by atoms with Crippen LogP contribution in [0.25, 0.3) is 0 Å². The predicted octanol–water partition coefficient (Wildman–Crippen LogP) is 2.96. The molecule has 0 N–H and O–H groups in total. The summed E-state index contributed by atoms with van der Waals surface area (Å²) in [5.74, 6) is 1.29. The Morgan fingerprint density at radius 3 is 2.76 bits per heavy atom. The monoisotopic (exact) mass is 230 g/mol. The third-order valence-electron chi connectivity index (χ3n) is 4.20. The molecule has 2 aliphatic rings. The molecule has 2 nitrogen and oxygen atoms in total. The van der Waals surface area contributed by atoms with Crippen LogP contribution in [0.5, 0.6) is 0 Å². The van der Waals surface area contributed by atoms with Gasteiger partial charge in [-0.1, -0.05) is 30.3 Å². The highest BCUT2D eigenvalue weighted by molar-refractivity contribution is 5.83. The van der Waals surface area contributed by atoms with Crippen molar-refractivity contribution in [1.82, 2.24) is 0 Å². The number of benzene rings is 1. The lowest BCUT2D eigenvalue weighted by atomic mass is 9.99. The first-order chi connectivity index (χ1) is 8.34. The van der Waals surface area contributed by atoms with E-state index in [9.17, 15) is 4.79 Å². The van der Waals surface area contributed by atoms with Crippen LogP contribution in [0, 0.1) is 11.8 Å². The Labute approximate surface area is 102 Å². The number of carbonyl (C=O) groups is 1. The Hall–Kier alpha value is -1.15. The first kappa shape index (κ1) is 11.0. The summed E-state index contributed by atoms with van der Waals surface area (Å²) in [6.45, 7) is 0.683. The molecular formula is C15H18O2. The molecule has 0 amide bonds. The first-order valence-corrected chi connectivity index (χ1v) is 6.53. The number of rotatable bonds is 3. The zero-order valence-corrected chi connectivity index (χ0v) is 9.97. The van der Waals surface area contributed by atoms with Gasteiger partial charge in [-0.25, -0.2) is 0 Å². The van der Waals surface area contributed by atoms with Crippen molar-refractivity contribution in [3.63, 3.8) is 0 Å². The number of ketones is 1. The lowest BCUT2D eigenvalue weighted by Gasteiger charge is -2.18. The third-order valence-corrected chi connectivity index (χ3v) is 4.20. The number of carbonyl (C=O) groups excluding carboxylic acids is 1. The van der Waals surface area contributed by atoms with Crippen LogP contribution in [0.2, 0.25) is 0 Å². The van der Waals surface area contributed by atoms with Crippen molar-refractivity contribution in [3.05, 3.63) is 35.9 Å². The van der Waals surface area contributed by atoms with Crippen molar-refractivity contribution < 1.29 is 9.53 Å². The summed E-state index contributed by atoms with van der Waals surface area (Å²) in [5, 5.41) is 0. The second kappa shape index (κ2) is 4.61. The second-order valence-electron chi connectivity index (χ2n) is 5.19. The van der Waals surface area contributed by atoms with Crippen LogP contribution in [0.4, 0.5) is 0 Å². The molecule has 1 aromatic rings. The normalized spacial score (nSPS) is 31.8. The summed E-state index contributed by atoms with van der Waals surface area (Å²) in [6, 6.07) is 10.3. The fraction of sp³-hybridized carbons (Fsp3) is 0.533. The molecule has 0 aliphatic heterocycles. The molecule has 0 aromatic heterocycles. The topological polar surface area (TPSA) is 26.3 Å². The molecule has 0 saturated heterocycles. The number of hydrogen-bond acceptors (Lipinski definition) is 2. The third kappa shape index (κ3) is 2.14. The van der Waals surface area contributed by atoms with E-state index in [1.165, 1.54) is 5.56 Å². The van der Waals surface area contributed by atoms with Crippen LogP contribution in [-0.4, -0.2) is 11.9 Å². The van der Waals surface area contributed by atoms with Gasteiger partial charge in [-0.3, -0.25) is 4.79 Å². The van der Waals surface area contributed by atoms with E-state index in [0.717, 1.165) is 25.7 Å². The molecule has 2 heteroatoms. The van der Waals surface area contributed by atoms with Gasteiger partial charge in [0.25, 0.3) is 0 Å². The fourth-order valence-corrected chi connectivity index (χ4v) is 3.30. The molecule has 90 valence electrons. The highest BCUT2D eigenvalue weighted by Crippen LogP contribution is 2.43. The summed E-state index contributed by atoms with van der Waals surface area (Å²) >= 11 is 0. The Balaban J connectivity index is 1.58. The van der Waals surface area contributed by atoms with E-state index >= 15 is 0 Å². The largest absolute Gasteiger partial charge is 0.373 e. The minimum atomic E-state index is 0.312. The minimum absolute atomic E-state index is 0.312.